The van der Waals surface area contributed by atoms with E-state index < -0.39 is 10.1 Å². The molecule has 0 radical (unpaired) electrons. The van der Waals surface area contributed by atoms with Gasteiger partial charge in [-0.2, -0.15) is 8.42 Å². The van der Waals surface area contributed by atoms with Gasteiger partial charge in [0, 0.05) is 5.56 Å². The maximum absolute atomic E-state index is 10.6. The van der Waals surface area contributed by atoms with Crippen molar-refractivity contribution in [2.24, 2.45) is 0 Å². The quantitative estimate of drug-likeness (QED) is 0.604. The number of hydrogen-bond donors (Lipinski definition) is 1. The third-order valence-corrected chi connectivity index (χ3v) is 2.59. The number of benzene rings is 1. The molecule has 0 fully saturated rings. The number of carbonyl (C=O) groups excluding carboxylic acids is 1. The zero-order valence-electron chi connectivity index (χ0n) is 6.27. The summed E-state index contributed by atoms with van der Waals surface area (Å²) in [5, 5.41) is 0.141. The van der Waals surface area contributed by atoms with Gasteiger partial charge in [0.15, 0.2) is 6.29 Å². The van der Waals surface area contributed by atoms with Crippen LogP contribution in [-0.4, -0.2) is 19.3 Å². The topological polar surface area (TPSA) is 71.4 Å². The van der Waals surface area contributed by atoms with Crippen molar-refractivity contribution in [3.8, 4) is 0 Å². The molecule has 0 aliphatic rings. The monoisotopic (exact) mass is 220 g/mol. The van der Waals surface area contributed by atoms with Crippen molar-refractivity contribution in [3.05, 3.63) is 28.8 Å². The molecule has 0 amide bonds. The summed E-state index contributed by atoms with van der Waals surface area (Å²) in [7, 11) is -4.27. The molecule has 0 atom stereocenters. The van der Waals surface area contributed by atoms with Gasteiger partial charge in [-0.1, -0.05) is 11.6 Å². The van der Waals surface area contributed by atoms with Gasteiger partial charge in [-0.05, 0) is 18.2 Å². The number of hydrogen-bond acceptors (Lipinski definition) is 3. The molecule has 1 aromatic carbocycles. The van der Waals surface area contributed by atoms with E-state index in [0.717, 1.165) is 12.1 Å². The first-order valence-electron chi connectivity index (χ1n) is 3.17. The molecule has 0 aromatic heterocycles. The second-order valence-corrected chi connectivity index (χ2v) is 4.10. The molecule has 70 valence electrons. The van der Waals surface area contributed by atoms with E-state index in [1.165, 1.54) is 6.07 Å². The van der Waals surface area contributed by atoms with Crippen LogP contribution < -0.4 is 0 Å². The Labute approximate surface area is 79.9 Å². The minimum Gasteiger partial charge on any atom is -0.298 e. The van der Waals surface area contributed by atoms with Crippen molar-refractivity contribution < 1.29 is 17.8 Å². The fourth-order valence-corrected chi connectivity index (χ4v) is 1.45. The molecule has 0 saturated heterocycles. The second kappa shape index (κ2) is 3.45. The first-order valence-corrected chi connectivity index (χ1v) is 4.99. The zero-order valence-corrected chi connectivity index (χ0v) is 7.84. The van der Waals surface area contributed by atoms with Crippen LogP contribution in [0, 0.1) is 0 Å². The smallest absolute Gasteiger partial charge is 0.294 e. The maximum Gasteiger partial charge on any atom is 0.294 e. The van der Waals surface area contributed by atoms with Crippen molar-refractivity contribution in [3.63, 3.8) is 0 Å². The number of halogens is 1. The van der Waals surface area contributed by atoms with Gasteiger partial charge in [0.05, 0.1) is 9.92 Å². The Morgan fingerprint density at radius 2 is 2.00 bits per heavy atom. The highest BCUT2D eigenvalue weighted by Crippen LogP contribution is 2.18. The van der Waals surface area contributed by atoms with Crippen LogP contribution in [0.1, 0.15) is 10.4 Å². The second-order valence-electron chi connectivity index (χ2n) is 2.28. The van der Waals surface area contributed by atoms with Crippen molar-refractivity contribution in [2.75, 3.05) is 0 Å². The highest BCUT2D eigenvalue weighted by Gasteiger charge is 2.11. The Balaban J connectivity index is 3.38. The lowest BCUT2D eigenvalue weighted by molar-refractivity contribution is 0.112. The molecule has 4 nitrogen and oxygen atoms in total. The van der Waals surface area contributed by atoms with Crippen molar-refractivity contribution in [2.45, 2.75) is 4.90 Å². The molecule has 0 saturated carbocycles. The van der Waals surface area contributed by atoms with Crippen LogP contribution in [0.15, 0.2) is 23.1 Å². The standard InChI is InChI=1S/C7H5ClO4S/c8-7-2-1-6(13(10,11)12)3-5(7)4-9/h1-4H,(H,10,11,12). The summed E-state index contributed by atoms with van der Waals surface area (Å²) in [4.78, 5) is 10.00. The summed E-state index contributed by atoms with van der Waals surface area (Å²) in [6, 6.07) is 3.35. The normalized spacial score (nSPS) is 11.2. The highest BCUT2D eigenvalue weighted by molar-refractivity contribution is 7.85. The summed E-state index contributed by atoms with van der Waals surface area (Å²) >= 11 is 5.54. The van der Waals surface area contributed by atoms with E-state index >= 15 is 0 Å². The molecule has 1 N–H and O–H groups in total. The van der Waals surface area contributed by atoms with Crippen LogP contribution in [0.4, 0.5) is 0 Å². The van der Waals surface area contributed by atoms with Crippen LogP contribution in [0.25, 0.3) is 0 Å². The Bertz CT molecular complexity index is 438. The molecule has 0 heterocycles. The van der Waals surface area contributed by atoms with Gasteiger partial charge in [-0.3, -0.25) is 9.35 Å². The molecular weight excluding hydrogens is 216 g/mol. The molecule has 0 bridgehead atoms. The average Bonchev–Trinajstić information content (AvgIpc) is 2.03. The maximum atomic E-state index is 10.6. The Hall–Kier alpha value is -0.910. The van der Waals surface area contributed by atoms with Gasteiger partial charge in [-0.25, -0.2) is 0 Å². The summed E-state index contributed by atoms with van der Waals surface area (Å²) < 4.78 is 29.8. The number of rotatable bonds is 2. The zero-order chi connectivity index (χ0) is 10.1. The molecule has 1 aromatic rings. The summed E-state index contributed by atoms with van der Waals surface area (Å²) in [5.41, 5.74) is 0.0248. The van der Waals surface area contributed by atoms with E-state index in [1.807, 2.05) is 0 Å². The van der Waals surface area contributed by atoms with Crippen LogP contribution in [-0.2, 0) is 10.1 Å². The molecular formula is C7H5ClO4S. The first-order chi connectivity index (χ1) is 5.95. The summed E-state index contributed by atoms with van der Waals surface area (Å²) in [6.45, 7) is 0. The Morgan fingerprint density at radius 1 is 1.38 bits per heavy atom. The van der Waals surface area contributed by atoms with Gasteiger partial charge >= 0.3 is 0 Å². The molecule has 6 heteroatoms. The van der Waals surface area contributed by atoms with Crippen LogP contribution in [0.3, 0.4) is 0 Å². The fourth-order valence-electron chi connectivity index (χ4n) is 0.773. The van der Waals surface area contributed by atoms with E-state index in [-0.39, 0.29) is 15.5 Å². The van der Waals surface area contributed by atoms with Crippen molar-refractivity contribution >= 4 is 28.0 Å². The van der Waals surface area contributed by atoms with Gasteiger partial charge in [0.2, 0.25) is 0 Å². The van der Waals surface area contributed by atoms with E-state index in [2.05, 4.69) is 0 Å². The number of carbonyl (C=O) groups is 1. The first kappa shape index (κ1) is 10.2. The van der Waals surface area contributed by atoms with E-state index in [9.17, 15) is 13.2 Å². The largest absolute Gasteiger partial charge is 0.298 e. The molecule has 0 spiro atoms. The predicted octanol–water partition coefficient (Wildman–Crippen LogP) is 1.40. The van der Waals surface area contributed by atoms with E-state index in [4.69, 9.17) is 16.2 Å². The summed E-state index contributed by atoms with van der Waals surface area (Å²) in [6.07, 6.45) is 0.414. The SMILES string of the molecule is O=Cc1cc(S(=O)(=O)O)ccc1Cl. The molecule has 1 rings (SSSR count). The van der Waals surface area contributed by atoms with E-state index in [0.29, 0.717) is 6.29 Å². The third-order valence-electron chi connectivity index (χ3n) is 1.39. The third kappa shape index (κ3) is 2.27. The van der Waals surface area contributed by atoms with Crippen LogP contribution in [0.5, 0.6) is 0 Å². The van der Waals surface area contributed by atoms with Gasteiger partial charge < -0.3 is 0 Å². The van der Waals surface area contributed by atoms with Crippen LogP contribution in [0.2, 0.25) is 5.02 Å². The minimum atomic E-state index is -4.27. The molecule has 0 aliphatic carbocycles. The molecule has 0 unspecified atom stereocenters. The fraction of sp³-hybridized carbons (Fsp3) is 0. The lowest BCUT2D eigenvalue weighted by Gasteiger charge is -1.99. The van der Waals surface area contributed by atoms with Gasteiger partial charge in [-0.15, -0.1) is 0 Å². The van der Waals surface area contributed by atoms with E-state index in [1.54, 1.807) is 0 Å². The minimum absolute atomic E-state index is 0.0248. The Morgan fingerprint density at radius 3 is 2.46 bits per heavy atom. The lowest BCUT2D eigenvalue weighted by atomic mass is 10.2. The molecule has 0 aliphatic heterocycles. The van der Waals surface area contributed by atoms with Gasteiger partial charge in [0.25, 0.3) is 10.1 Å². The molecule has 13 heavy (non-hydrogen) atoms. The number of aldehydes is 1. The average molecular weight is 221 g/mol. The Kier molecular flexibility index (Phi) is 2.70. The van der Waals surface area contributed by atoms with Crippen LogP contribution >= 0.6 is 11.6 Å². The lowest BCUT2D eigenvalue weighted by Crippen LogP contribution is -1.98. The predicted molar refractivity (Wildman–Crippen MR) is 46.7 cm³/mol. The summed E-state index contributed by atoms with van der Waals surface area (Å²) in [5.74, 6) is 0. The van der Waals surface area contributed by atoms with Gasteiger partial charge in [0.1, 0.15) is 0 Å². The highest BCUT2D eigenvalue weighted by atomic mass is 35.5. The van der Waals surface area contributed by atoms with Crippen molar-refractivity contribution in [1.82, 2.24) is 0 Å². The van der Waals surface area contributed by atoms with Crippen molar-refractivity contribution in [1.29, 1.82) is 0 Å².